The molecule has 1 aromatic heterocycles. The van der Waals surface area contributed by atoms with E-state index in [1.807, 2.05) is 30.3 Å². The molecule has 2 fully saturated rings. The van der Waals surface area contributed by atoms with E-state index in [-0.39, 0.29) is 42.4 Å². The Labute approximate surface area is 241 Å². The molecule has 0 saturated carbocycles. The van der Waals surface area contributed by atoms with E-state index in [1.54, 1.807) is 7.05 Å². The van der Waals surface area contributed by atoms with Crippen LogP contribution in [-0.4, -0.2) is 90.1 Å². The Hall–Kier alpha value is -3.61. The summed E-state index contributed by atoms with van der Waals surface area (Å²) in [7, 11) is 1.67. The molecule has 3 heterocycles. The Bertz CT molecular complexity index is 1390. The second-order valence-corrected chi connectivity index (χ2v) is 10.5. The highest BCUT2D eigenvalue weighted by Gasteiger charge is 2.51. The summed E-state index contributed by atoms with van der Waals surface area (Å²) >= 11 is 0. The van der Waals surface area contributed by atoms with Crippen molar-refractivity contribution < 1.29 is 31.9 Å². The second kappa shape index (κ2) is 12.7. The minimum absolute atomic E-state index is 0.0664. The van der Waals surface area contributed by atoms with E-state index in [4.69, 9.17) is 4.74 Å². The van der Waals surface area contributed by atoms with Gasteiger partial charge in [0.15, 0.2) is 0 Å². The highest BCUT2D eigenvalue weighted by atomic mass is 19.4. The molecule has 1 amide bonds. The first-order valence-corrected chi connectivity index (χ1v) is 14.0. The SMILES string of the molecule is CNC(c1ccccc1)c1cc(C2CCCN(CC(=O)N3CCOCC3)C2C(F)(F)F)nn1C(=O)c1ccccc1F. The molecule has 0 aliphatic carbocycles. The Morgan fingerprint density at radius 2 is 1.74 bits per heavy atom. The summed E-state index contributed by atoms with van der Waals surface area (Å²) in [5, 5.41) is 7.56. The Morgan fingerprint density at radius 3 is 2.40 bits per heavy atom. The molecule has 3 atom stereocenters. The third-order valence-electron chi connectivity index (χ3n) is 7.92. The smallest absolute Gasteiger partial charge is 0.378 e. The Kier molecular flexibility index (Phi) is 9.05. The van der Waals surface area contributed by atoms with Crippen LogP contribution in [0.4, 0.5) is 17.6 Å². The molecule has 3 aromatic rings. The van der Waals surface area contributed by atoms with Crippen LogP contribution in [-0.2, 0) is 9.53 Å². The summed E-state index contributed by atoms with van der Waals surface area (Å²) in [6.45, 7) is 1.09. The normalized spacial score (nSPS) is 20.8. The van der Waals surface area contributed by atoms with Crippen molar-refractivity contribution in [3.63, 3.8) is 0 Å². The topological polar surface area (TPSA) is 79.7 Å². The highest BCUT2D eigenvalue weighted by Crippen LogP contribution is 2.42. The third kappa shape index (κ3) is 6.25. The Morgan fingerprint density at radius 1 is 1.05 bits per heavy atom. The van der Waals surface area contributed by atoms with Gasteiger partial charge in [-0.05, 0) is 50.2 Å². The molecule has 42 heavy (non-hydrogen) atoms. The second-order valence-electron chi connectivity index (χ2n) is 10.5. The van der Waals surface area contributed by atoms with Crippen LogP contribution in [0.25, 0.3) is 0 Å². The van der Waals surface area contributed by atoms with Crippen LogP contribution in [0, 0.1) is 5.82 Å². The lowest BCUT2D eigenvalue weighted by Crippen LogP contribution is -2.56. The van der Waals surface area contributed by atoms with Crippen LogP contribution in [0.1, 0.15) is 52.1 Å². The van der Waals surface area contributed by atoms with E-state index in [2.05, 4.69) is 10.4 Å². The van der Waals surface area contributed by atoms with Gasteiger partial charge in [0, 0.05) is 19.0 Å². The van der Waals surface area contributed by atoms with E-state index in [0.717, 1.165) is 16.3 Å². The number of benzene rings is 2. The maximum Gasteiger partial charge on any atom is 0.404 e. The molecule has 2 aliphatic heterocycles. The first-order chi connectivity index (χ1) is 20.2. The van der Waals surface area contributed by atoms with Gasteiger partial charge in [-0.3, -0.25) is 14.5 Å². The summed E-state index contributed by atoms with van der Waals surface area (Å²) in [6, 6.07) is 13.4. The first kappa shape index (κ1) is 29.9. The zero-order valence-corrected chi connectivity index (χ0v) is 23.2. The van der Waals surface area contributed by atoms with Crippen molar-refractivity contribution in [3.05, 3.63) is 89.0 Å². The number of ether oxygens (including phenoxy) is 1. The van der Waals surface area contributed by atoms with Gasteiger partial charge in [-0.1, -0.05) is 42.5 Å². The quantitative estimate of drug-likeness (QED) is 0.422. The molecule has 0 spiro atoms. The zero-order chi connectivity index (χ0) is 29.9. The lowest BCUT2D eigenvalue weighted by Gasteiger charge is -2.42. The molecule has 224 valence electrons. The number of hydrogen-bond donors (Lipinski definition) is 1. The van der Waals surface area contributed by atoms with Crippen molar-refractivity contribution >= 4 is 11.8 Å². The number of piperidine rings is 1. The number of likely N-dealkylation sites (tertiary alicyclic amines) is 1. The summed E-state index contributed by atoms with van der Waals surface area (Å²) in [5.74, 6) is -3.07. The van der Waals surface area contributed by atoms with E-state index >= 15 is 0 Å². The molecule has 1 N–H and O–H groups in total. The van der Waals surface area contributed by atoms with Crippen LogP contribution >= 0.6 is 0 Å². The van der Waals surface area contributed by atoms with Gasteiger partial charge in [-0.25, -0.2) is 4.39 Å². The number of rotatable bonds is 7. The molecule has 0 bridgehead atoms. The summed E-state index contributed by atoms with van der Waals surface area (Å²) in [5.41, 5.74) is 0.860. The average molecular weight is 588 g/mol. The molecule has 3 unspecified atom stereocenters. The predicted molar refractivity (Wildman–Crippen MR) is 146 cm³/mol. The summed E-state index contributed by atoms with van der Waals surface area (Å²) < 4.78 is 65.2. The van der Waals surface area contributed by atoms with Crippen molar-refractivity contribution in [2.24, 2.45) is 0 Å². The number of amides is 1. The van der Waals surface area contributed by atoms with Crippen LogP contribution in [0.3, 0.4) is 0 Å². The molecule has 2 aliphatic rings. The molecular weight excluding hydrogens is 554 g/mol. The van der Waals surface area contributed by atoms with Crippen molar-refractivity contribution in [1.82, 2.24) is 24.9 Å². The van der Waals surface area contributed by atoms with Gasteiger partial charge in [-0.2, -0.15) is 23.0 Å². The number of nitrogens with one attached hydrogen (secondary N) is 1. The highest BCUT2D eigenvalue weighted by molar-refractivity contribution is 5.96. The predicted octanol–water partition coefficient (Wildman–Crippen LogP) is 3.99. The monoisotopic (exact) mass is 587 g/mol. The van der Waals surface area contributed by atoms with Gasteiger partial charge in [0.05, 0.1) is 42.8 Å². The number of morpholine rings is 1. The number of aromatic nitrogens is 2. The standard InChI is InChI=1S/C30H33F4N5O3/c1-35-27(20-8-3-2-4-9-20)25-18-24(36-39(25)29(41)21-10-5-6-12-23(21)31)22-11-7-13-38(28(22)30(32,33)34)19-26(40)37-14-16-42-17-15-37/h2-6,8-10,12,18,22,27-28,35H,7,11,13-17,19H2,1H3. The van der Waals surface area contributed by atoms with Crippen LogP contribution in [0.2, 0.25) is 0 Å². The van der Waals surface area contributed by atoms with Crippen molar-refractivity contribution in [1.29, 1.82) is 0 Å². The molecule has 2 saturated heterocycles. The van der Waals surface area contributed by atoms with Crippen molar-refractivity contribution in [2.45, 2.75) is 37.0 Å². The van der Waals surface area contributed by atoms with Gasteiger partial charge in [0.2, 0.25) is 5.91 Å². The zero-order valence-electron chi connectivity index (χ0n) is 23.2. The maximum atomic E-state index is 14.7. The molecule has 12 heteroatoms. The van der Waals surface area contributed by atoms with Gasteiger partial charge in [-0.15, -0.1) is 0 Å². The fourth-order valence-corrected chi connectivity index (χ4v) is 5.92. The lowest BCUT2D eigenvalue weighted by molar-refractivity contribution is -0.198. The van der Waals surface area contributed by atoms with E-state index < -0.39 is 35.9 Å². The average Bonchev–Trinajstić information content (AvgIpc) is 3.43. The largest absolute Gasteiger partial charge is 0.404 e. The van der Waals surface area contributed by atoms with Crippen molar-refractivity contribution in [2.75, 3.05) is 46.4 Å². The minimum Gasteiger partial charge on any atom is -0.378 e. The van der Waals surface area contributed by atoms with Gasteiger partial charge in [0.1, 0.15) is 11.9 Å². The van der Waals surface area contributed by atoms with Crippen LogP contribution < -0.4 is 5.32 Å². The van der Waals surface area contributed by atoms with Crippen LogP contribution in [0.5, 0.6) is 0 Å². The summed E-state index contributed by atoms with van der Waals surface area (Å²) in [4.78, 5) is 29.3. The lowest BCUT2D eigenvalue weighted by atomic mass is 9.85. The van der Waals surface area contributed by atoms with E-state index in [0.29, 0.717) is 32.7 Å². The van der Waals surface area contributed by atoms with Gasteiger partial charge >= 0.3 is 6.18 Å². The summed E-state index contributed by atoms with van der Waals surface area (Å²) in [6.07, 6.45) is -4.10. The number of nitrogens with zero attached hydrogens (tertiary/aromatic N) is 4. The molecular formula is C30H33F4N5O3. The number of carbonyl (C=O) groups is 2. The van der Waals surface area contributed by atoms with E-state index in [1.165, 1.54) is 34.1 Å². The number of alkyl halides is 3. The van der Waals surface area contributed by atoms with Crippen molar-refractivity contribution in [3.8, 4) is 0 Å². The maximum absolute atomic E-state index is 14.7. The number of halogens is 4. The van der Waals surface area contributed by atoms with Crippen LogP contribution in [0.15, 0.2) is 60.7 Å². The Balaban J connectivity index is 1.55. The first-order valence-electron chi connectivity index (χ1n) is 14.0. The molecule has 8 nitrogen and oxygen atoms in total. The molecule has 0 radical (unpaired) electrons. The molecule has 2 aromatic carbocycles. The van der Waals surface area contributed by atoms with Gasteiger partial charge < -0.3 is 15.0 Å². The minimum atomic E-state index is -4.67. The van der Waals surface area contributed by atoms with Gasteiger partial charge in [0.25, 0.3) is 5.91 Å². The number of hydrogen-bond acceptors (Lipinski definition) is 6. The third-order valence-corrected chi connectivity index (χ3v) is 7.92. The number of carbonyl (C=O) groups excluding carboxylic acids is 2. The van der Waals surface area contributed by atoms with E-state index in [9.17, 15) is 27.2 Å². The molecule has 5 rings (SSSR count). The fraction of sp³-hybridized carbons (Fsp3) is 0.433. The fourth-order valence-electron chi connectivity index (χ4n) is 5.92.